The number of halogens is 3. The summed E-state index contributed by atoms with van der Waals surface area (Å²) in [5, 5.41) is 18.0. The van der Waals surface area contributed by atoms with Gasteiger partial charge in [-0.1, -0.05) is 59.9 Å². The van der Waals surface area contributed by atoms with Crippen LogP contribution in [0.1, 0.15) is 49.7 Å². The maximum Gasteiger partial charge on any atom is 0.224 e. The second-order valence-corrected chi connectivity index (χ2v) is 10.5. The van der Waals surface area contributed by atoms with Gasteiger partial charge < -0.3 is 20.5 Å². The Morgan fingerprint density at radius 1 is 0.714 bits per heavy atom. The fourth-order valence-corrected chi connectivity index (χ4v) is 4.57. The molecular formula is C26H33Br3N2O4. The average molecular weight is 677 g/mol. The number of phenols is 1. The number of rotatable bonds is 8. The number of nitrogens with one attached hydrogen (secondary N) is 2. The van der Waals surface area contributed by atoms with E-state index in [1.807, 2.05) is 24.3 Å². The van der Waals surface area contributed by atoms with Gasteiger partial charge in [0, 0.05) is 52.3 Å². The number of unbranched alkanes of at least 4 members (excludes halogenated alkanes) is 2. The van der Waals surface area contributed by atoms with Crippen molar-refractivity contribution in [2.24, 2.45) is 0 Å². The Balaban J connectivity index is 0.000000209. The van der Waals surface area contributed by atoms with Crippen LogP contribution in [0.5, 0.6) is 11.5 Å². The molecule has 0 aliphatic carbocycles. The monoisotopic (exact) mass is 674 g/mol. The molecule has 2 aromatic carbocycles. The Bertz CT molecular complexity index is 952. The van der Waals surface area contributed by atoms with Crippen molar-refractivity contribution in [3.05, 3.63) is 47.5 Å². The van der Waals surface area contributed by atoms with Crippen LogP contribution in [0, 0.1) is 0 Å². The molecule has 2 aliphatic heterocycles. The van der Waals surface area contributed by atoms with Crippen molar-refractivity contribution < 1.29 is 19.4 Å². The highest BCUT2D eigenvalue weighted by Crippen LogP contribution is 2.27. The number of ether oxygens (including phenoxy) is 1. The number of anilines is 2. The molecule has 3 N–H and O–H groups in total. The molecular weight excluding hydrogens is 644 g/mol. The van der Waals surface area contributed by atoms with E-state index in [4.69, 9.17) is 9.84 Å². The van der Waals surface area contributed by atoms with Gasteiger partial charge in [-0.3, -0.25) is 9.59 Å². The van der Waals surface area contributed by atoms with Crippen LogP contribution in [-0.2, 0) is 22.4 Å². The van der Waals surface area contributed by atoms with Crippen LogP contribution in [0.2, 0.25) is 0 Å². The third-order valence-corrected chi connectivity index (χ3v) is 6.96. The quantitative estimate of drug-likeness (QED) is 0.209. The number of hydrogen-bond acceptors (Lipinski definition) is 4. The minimum atomic E-state index is 0.0214. The van der Waals surface area contributed by atoms with Crippen LogP contribution in [0.4, 0.5) is 11.4 Å². The number of carbonyl (C=O) groups excluding carboxylic acids is 2. The van der Waals surface area contributed by atoms with Gasteiger partial charge in [0.2, 0.25) is 11.8 Å². The fraction of sp³-hybridized carbons (Fsp3) is 0.462. The summed E-state index contributed by atoms with van der Waals surface area (Å²) in [6.07, 6.45) is 7.43. The summed E-state index contributed by atoms with van der Waals surface area (Å²) in [6.45, 7) is 0.721. The van der Waals surface area contributed by atoms with Crippen molar-refractivity contribution in [1.82, 2.24) is 0 Å². The molecule has 192 valence electrons. The number of aromatic hydroxyl groups is 1. The predicted octanol–water partition coefficient (Wildman–Crippen LogP) is 6.96. The number of carbonyl (C=O) groups is 2. The summed E-state index contributed by atoms with van der Waals surface area (Å²) in [6, 6.07) is 11.0. The van der Waals surface area contributed by atoms with E-state index in [1.54, 1.807) is 12.1 Å². The second kappa shape index (κ2) is 17.0. The van der Waals surface area contributed by atoms with E-state index in [1.165, 1.54) is 18.4 Å². The minimum absolute atomic E-state index is 0.0214. The van der Waals surface area contributed by atoms with E-state index < -0.39 is 0 Å². The topological polar surface area (TPSA) is 87.7 Å². The van der Waals surface area contributed by atoms with E-state index in [0.717, 1.165) is 71.0 Å². The van der Waals surface area contributed by atoms with Crippen molar-refractivity contribution in [3.63, 3.8) is 0 Å². The zero-order valence-corrected chi connectivity index (χ0v) is 24.5. The van der Waals surface area contributed by atoms with E-state index in [9.17, 15) is 9.59 Å². The maximum atomic E-state index is 11.3. The number of benzene rings is 2. The molecule has 2 aromatic rings. The molecule has 0 saturated heterocycles. The van der Waals surface area contributed by atoms with Gasteiger partial charge in [0.25, 0.3) is 0 Å². The molecule has 2 amide bonds. The first kappa shape index (κ1) is 29.6. The first-order valence-electron chi connectivity index (χ1n) is 11.8. The van der Waals surface area contributed by atoms with Crippen LogP contribution in [0.25, 0.3) is 0 Å². The van der Waals surface area contributed by atoms with Crippen LogP contribution in [0.3, 0.4) is 0 Å². The Morgan fingerprint density at radius 2 is 1.23 bits per heavy atom. The van der Waals surface area contributed by atoms with Crippen LogP contribution < -0.4 is 15.4 Å². The van der Waals surface area contributed by atoms with Crippen molar-refractivity contribution in [1.29, 1.82) is 0 Å². The van der Waals surface area contributed by atoms with Crippen LogP contribution in [0.15, 0.2) is 36.4 Å². The molecule has 0 unspecified atom stereocenters. The van der Waals surface area contributed by atoms with Crippen molar-refractivity contribution >= 4 is 71.0 Å². The standard InChI is InChI=1S/C13H16BrNO2.C9H9NO2.C4H8Br2/c14-7-1-2-8-17-11-5-3-10-4-6-13(16)15-12(10)9-11;11-7-3-1-6-2-4-9(12)10-8(6)5-7;5-3-1-2-4-6/h3,5,9H,1-2,4,6-8H2,(H,15,16);1,3,5,11H,2,4H2,(H,10,12);1-4H2. The van der Waals surface area contributed by atoms with Gasteiger partial charge in [0.15, 0.2) is 0 Å². The largest absolute Gasteiger partial charge is 0.508 e. The number of amides is 2. The molecule has 0 fully saturated rings. The molecule has 0 aromatic heterocycles. The molecule has 0 radical (unpaired) electrons. The van der Waals surface area contributed by atoms with E-state index >= 15 is 0 Å². The first-order valence-corrected chi connectivity index (χ1v) is 15.2. The van der Waals surface area contributed by atoms with Gasteiger partial charge in [-0.15, -0.1) is 0 Å². The summed E-state index contributed by atoms with van der Waals surface area (Å²) in [5.74, 6) is 1.14. The maximum absolute atomic E-state index is 11.3. The van der Waals surface area contributed by atoms with E-state index in [-0.39, 0.29) is 17.6 Å². The number of phenolic OH excluding ortho intramolecular Hbond substituents is 1. The lowest BCUT2D eigenvalue weighted by atomic mass is 10.0. The van der Waals surface area contributed by atoms with Crippen molar-refractivity contribution in [3.8, 4) is 11.5 Å². The van der Waals surface area contributed by atoms with E-state index in [2.05, 4.69) is 58.4 Å². The molecule has 0 saturated carbocycles. The zero-order chi connectivity index (χ0) is 25.5. The van der Waals surface area contributed by atoms with Gasteiger partial charge >= 0.3 is 0 Å². The number of hydrogen-bond donors (Lipinski definition) is 3. The molecule has 0 spiro atoms. The second-order valence-electron chi connectivity index (χ2n) is 8.09. The Morgan fingerprint density at radius 3 is 1.80 bits per heavy atom. The molecule has 0 atom stereocenters. The highest BCUT2D eigenvalue weighted by Gasteiger charge is 2.15. The van der Waals surface area contributed by atoms with Crippen LogP contribution >= 0.6 is 47.8 Å². The highest BCUT2D eigenvalue weighted by atomic mass is 79.9. The third kappa shape index (κ3) is 11.3. The van der Waals surface area contributed by atoms with Crippen LogP contribution in [-0.4, -0.2) is 39.5 Å². The number of alkyl halides is 3. The summed E-state index contributed by atoms with van der Waals surface area (Å²) in [7, 11) is 0. The molecule has 2 heterocycles. The lowest BCUT2D eigenvalue weighted by Crippen LogP contribution is -2.18. The predicted molar refractivity (Wildman–Crippen MR) is 154 cm³/mol. The van der Waals surface area contributed by atoms with Crippen molar-refractivity contribution in [2.75, 3.05) is 33.2 Å². The van der Waals surface area contributed by atoms with Gasteiger partial charge in [0.1, 0.15) is 11.5 Å². The smallest absolute Gasteiger partial charge is 0.224 e. The summed E-state index contributed by atoms with van der Waals surface area (Å²) >= 11 is 10.0. The number of aryl methyl sites for hydroxylation is 2. The molecule has 0 bridgehead atoms. The molecule has 9 heteroatoms. The summed E-state index contributed by atoms with van der Waals surface area (Å²) in [4.78, 5) is 22.2. The zero-order valence-electron chi connectivity index (χ0n) is 19.8. The Hall–Kier alpha value is -1.58. The molecule has 35 heavy (non-hydrogen) atoms. The van der Waals surface area contributed by atoms with Gasteiger partial charge in [-0.25, -0.2) is 0 Å². The summed E-state index contributed by atoms with van der Waals surface area (Å²) in [5.41, 5.74) is 3.93. The first-order chi connectivity index (χ1) is 17.0. The SMILES string of the molecule is BrCCCCBr.O=C1CCc2ccc(O)cc2N1.O=C1CCc2ccc(OCCCCBr)cc2N1. The molecule has 4 rings (SSSR count). The fourth-order valence-electron chi connectivity index (χ4n) is 3.38. The van der Waals surface area contributed by atoms with Gasteiger partial charge in [-0.2, -0.15) is 0 Å². The molecule has 2 aliphatic rings. The summed E-state index contributed by atoms with van der Waals surface area (Å²) < 4.78 is 5.64. The highest BCUT2D eigenvalue weighted by molar-refractivity contribution is 9.09. The van der Waals surface area contributed by atoms with E-state index in [0.29, 0.717) is 12.8 Å². The minimum Gasteiger partial charge on any atom is -0.508 e. The Kier molecular flexibility index (Phi) is 14.4. The van der Waals surface area contributed by atoms with Gasteiger partial charge in [-0.05, 0) is 61.8 Å². The normalized spacial score (nSPS) is 13.6. The average Bonchev–Trinajstić information content (AvgIpc) is 2.85. The lowest BCUT2D eigenvalue weighted by Gasteiger charge is -2.17. The van der Waals surface area contributed by atoms with Gasteiger partial charge in [0.05, 0.1) is 6.61 Å². The third-order valence-electron chi connectivity index (χ3n) is 5.28. The van der Waals surface area contributed by atoms with Crippen molar-refractivity contribution in [2.45, 2.75) is 51.4 Å². The lowest BCUT2D eigenvalue weighted by molar-refractivity contribution is -0.117. The molecule has 6 nitrogen and oxygen atoms in total. The Labute approximate surface area is 233 Å². The number of fused-ring (bicyclic) bond motifs is 2.